The van der Waals surface area contributed by atoms with Gasteiger partial charge in [-0.25, -0.2) is 0 Å². The van der Waals surface area contributed by atoms with Crippen molar-refractivity contribution in [1.29, 1.82) is 0 Å². The first kappa shape index (κ1) is 6.58. The predicted octanol–water partition coefficient (Wildman–Crippen LogP) is -0.500. The van der Waals surface area contributed by atoms with Crippen LogP contribution in [-0.4, -0.2) is 36.5 Å². The van der Waals surface area contributed by atoms with Gasteiger partial charge < -0.3 is 15.2 Å². The maximum absolute atomic E-state index is 9.00. The molecule has 10 heavy (non-hydrogen) atoms. The molecule has 2 aliphatic rings. The molecule has 0 saturated carbocycles. The number of fused-ring (bicyclic) bond motifs is 2. The summed E-state index contributed by atoms with van der Waals surface area (Å²) in [4.78, 5) is 0. The number of hydrogen-bond donors (Lipinski definition) is 2. The number of rotatable bonds is 1. The summed E-state index contributed by atoms with van der Waals surface area (Å²) in [5.74, 6) is 0. The molecule has 2 heterocycles. The van der Waals surface area contributed by atoms with Crippen LogP contribution in [-0.2, 0) is 4.74 Å². The second-order valence-electron chi connectivity index (χ2n) is 3.26. The first-order valence-electron chi connectivity index (χ1n) is 3.83. The van der Waals surface area contributed by atoms with Crippen LogP contribution in [0.25, 0.3) is 0 Å². The number of nitrogens with one attached hydrogen (secondary N) is 1. The molecule has 2 bridgehead atoms. The van der Waals surface area contributed by atoms with Crippen molar-refractivity contribution in [1.82, 2.24) is 5.32 Å². The van der Waals surface area contributed by atoms with Crippen molar-refractivity contribution in [3.05, 3.63) is 0 Å². The third-order valence-electron chi connectivity index (χ3n) is 2.49. The average Bonchev–Trinajstić information content (AvgIpc) is 2.29. The Bertz CT molecular complexity index is 136. The summed E-state index contributed by atoms with van der Waals surface area (Å²) in [6.07, 6.45) is 2.09. The lowest BCUT2D eigenvalue weighted by Gasteiger charge is -2.30. The first-order chi connectivity index (χ1) is 4.85. The zero-order valence-corrected chi connectivity index (χ0v) is 5.97. The molecule has 0 aliphatic carbocycles. The summed E-state index contributed by atoms with van der Waals surface area (Å²) >= 11 is 0. The molecule has 0 radical (unpaired) electrons. The minimum atomic E-state index is -0.219. The third kappa shape index (κ3) is 0.856. The quantitative estimate of drug-likeness (QED) is 0.520. The van der Waals surface area contributed by atoms with Crippen LogP contribution in [0.2, 0.25) is 0 Å². The second kappa shape index (κ2) is 2.19. The van der Waals surface area contributed by atoms with E-state index >= 15 is 0 Å². The Balaban J connectivity index is 2.10. The van der Waals surface area contributed by atoms with E-state index in [2.05, 4.69) is 5.32 Å². The Kier molecular flexibility index (Phi) is 1.44. The van der Waals surface area contributed by atoms with Crippen molar-refractivity contribution in [2.24, 2.45) is 0 Å². The van der Waals surface area contributed by atoms with Gasteiger partial charge in [-0.15, -0.1) is 0 Å². The van der Waals surface area contributed by atoms with Gasteiger partial charge in [0.2, 0.25) is 0 Å². The molecule has 0 aromatic rings. The van der Waals surface area contributed by atoms with Crippen molar-refractivity contribution in [2.75, 3.05) is 19.8 Å². The molecule has 2 fully saturated rings. The molecule has 0 spiro atoms. The van der Waals surface area contributed by atoms with Gasteiger partial charge in [0.1, 0.15) is 5.60 Å². The van der Waals surface area contributed by atoms with Gasteiger partial charge in [0.05, 0.1) is 6.61 Å². The summed E-state index contributed by atoms with van der Waals surface area (Å²) in [6.45, 7) is 1.79. The molecule has 2 aliphatic heterocycles. The SMILES string of the molecule is OCC12CNC(CCO1)C2. The van der Waals surface area contributed by atoms with Gasteiger partial charge in [-0.3, -0.25) is 0 Å². The highest BCUT2D eigenvalue weighted by molar-refractivity contribution is 4.98. The Hall–Kier alpha value is -0.120. The van der Waals surface area contributed by atoms with E-state index < -0.39 is 0 Å². The zero-order valence-electron chi connectivity index (χ0n) is 5.97. The van der Waals surface area contributed by atoms with Crippen molar-refractivity contribution in [3.8, 4) is 0 Å². The van der Waals surface area contributed by atoms with Gasteiger partial charge in [0.25, 0.3) is 0 Å². The Morgan fingerprint density at radius 3 is 3.30 bits per heavy atom. The lowest BCUT2D eigenvalue weighted by atomic mass is 9.97. The van der Waals surface area contributed by atoms with Crippen molar-refractivity contribution in [3.63, 3.8) is 0 Å². The molecule has 2 saturated heterocycles. The first-order valence-corrected chi connectivity index (χ1v) is 3.83. The van der Waals surface area contributed by atoms with E-state index in [1.165, 1.54) is 0 Å². The van der Waals surface area contributed by atoms with Gasteiger partial charge in [0.15, 0.2) is 0 Å². The van der Waals surface area contributed by atoms with Crippen LogP contribution in [0.5, 0.6) is 0 Å². The predicted molar refractivity (Wildman–Crippen MR) is 36.8 cm³/mol. The normalized spacial score (nSPS) is 45.9. The highest BCUT2D eigenvalue weighted by Crippen LogP contribution is 2.29. The van der Waals surface area contributed by atoms with E-state index in [4.69, 9.17) is 9.84 Å². The number of hydrogen-bond acceptors (Lipinski definition) is 3. The van der Waals surface area contributed by atoms with Crippen LogP contribution in [0.1, 0.15) is 12.8 Å². The zero-order chi connectivity index (χ0) is 7.03. The fourth-order valence-electron chi connectivity index (χ4n) is 1.82. The van der Waals surface area contributed by atoms with Crippen LogP contribution in [0.3, 0.4) is 0 Å². The maximum Gasteiger partial charge on any atom is 0.105 e. The van der Waals surface area contributed by atoms with Gasteiger partial charge in [-0.1, -0.05) is 0 Å². The summed E-state index contributed by atoms with van der Waals surface area (Å²) < 4.78 is 5.49. The molecule has 3 heteroatoms. The molecule has 0 aromatic heterocycles. The Morgan fingerprint density at radius 2 is 2.60 bits per heavy atom. The van der Waals surface area contributed by atoms with E-state index in [1.54, 1.807) is 0 Å². The largest absolute Gasteiger partial charge is 0.393 e. The molecule has 2 rings (SSSR count). The van der Waals surface area contributed by atoms with Gasteiger partial charge in [-0.2, -0.15) is 0 Å². The highest BCUT2D eigenvalue weighted by Gasteiger charge is 2.42. The monoisotopic (exact) mass is 143 g/mol. The molecule has 0 aromatic carbocycles. The summed E-state index contributed by atoms with van der Waals surface area (Å²) in [6, 6.07) is 0.598. The molecule has 0 amide bonds. The molecule has 2 unspecified atom stereocenters. The van der Waals surface area contributed by atoms with E-state index in [1.807, 2.05) is 0 Å². The van der Waals surface area contributed by atoms with E-state index in [9.17, 15) is 0 Å². The standard InChI is InChI=1S/C7H13NO2/c9-5-7-3-6(8-4-7)1-2-10-7/h6,8-9H,1-5H2. The van der Waals surface area contributed by atoms with Gasteiger partial charge in [0, 0.05) is 19.2 Å². The molecule has 3 nitrogen and oxygen atoms in total. The van der Waals surface area contributed by atoms with Crippen LogP contribution in [0, 0.1) is 0 Å². The average molecular weight is 143 g/mol. The molecule has 58 valence electrons. The van der Waals surface area contributed by atoms with E-state index in [0.29, 0.717) is 6.04 Å². The summed E-state index contributed by atoms with van der Waals surface area (Å²) in [7, 11) is 0. The Morgan fingerprint density at radius 1 is 1.70 bits per heavy atom. The van der Waals surface area contributed by atoms with Gasteiger partial charge >= 0.3 is 0 Å². The number of ether oxygens (including phenoxy) is 1. The third-order valence-corrected chi connectivity index (χ3v) is 2.49. The fraction of sp³-hybridized carbons (Fsp3) is 1.00. The smallest absolute Gasteiger partial charge is 0.105 e. The molecule has 2 N–H and O–H groups in total. The number of aliphatic hydroxyl groups is 1. The van der Waals surface area contributed by atoms with Crippen LogP contribution >= 0.6 is 0 Å². The van der Waals surface area contributed by atoms with Crippen LogP contribution in [0.4, 0.5) is 0 Å². The highest BCUT2D eigenvalue weighted by atomic mass is 16.5. The Labute approximate surface area is 60.4 Å². The minimum Gasteiger partial charge on any atom is -0.393 e. The van der Waals surface area contributed by atoms with E-state index in [-0.39, 0.29) is 12.2 Å². The second-order valence-corrected chi connectivity index (χ2v) is 3.26. The van der Waals surface area contributed by atoms with Crippen molar-refractivity contribution < 1.29 is 9.84 Å². The van der Waals surface area contributed by atoms with Crippen LogP contribution in [0.15, 0.2) is 0 Å². The molecular weight excluding hydrogens is 130 g/mol. The lowest BCUT2D eigenvalue weighted by molar-refractivity contribution is -0.0823. The minimum absolute atomic E-state index is 0.163. The fourth-order valence-corrected chi connectivity index (χ4v) is 1.82. The lowest BCUT2D eigenvalue weighted by Crippen LogP contribution is -2.40. The molecule has 2 atom stereocenters. The van der Waals surface area contributed by atoms with E-state index in [0.717, 1.165) is 26.0 Å². The van der Waals surface area contributed by atoms with Gasteiger partial charge in [-0.05, 0) is 12.8 Å². The summed E-state index contributed by atoms with van der Waals surface area (Å²) in [5, 5.41) is 12.3. The molecular formula is C7H13NO2. The number of aliphatic hydroxyl groups excluding tert-OH is 1. The topological polar surface area (TPSA) is 41.5 Å². The maximum atomic E-state index is 9.00. The van der Waals surface area contributed by atoms with Crippen molar-refractivity contribution >= 4 is 0 Å². The van der Waals surface area contributed by atoms with Crippen LogP contribution < -0.4 is 5.32 Å². The van der Waals surface area contributed by atoms with Crippen molar-refractivity contribution in [2.45, 2.75) is 24.5 Å². The summed E-state index contributed by atoms with van der Waals surface area (Å²) in [5.41, 5.74) is -0.219.